The van der Waals surface area contributed by atoms with Crippen LogP contribution in [0, 0.1) is 5.41 Å². The number of aromatic nitrogens is 2. The van der Waals surface area contributed by atoms with E-state index in [4.69, 9.17) is 0 Å². The predicted octanol–water partition coefficient (Wildman–Crippen LogP) is 2.90. The topological polar surface area (TPSA) is 99.2 Å². The van der Waals surface area contributed by atoms with Crippen molar-refractivity contribution >= 4 is 29.1 Å². The van der Waals surface area contributed by atoms with Gasteiger partial charge in [-0.2, -0.15) is 0 Å². The molecule has 0 unspecified atom stereocenters. The van der Waals surface area contributed by atoms with Crippen LogP contribution < -0.4 is 20.9 Å². The Bertz CT molecular complexity index is 870. The molecular formula is C22H30N6O2. The molecule has 2 heterocycles. The molecule has 0 saturated carbocycles. The third-order valence-electron chi connectivity index (χ3n) is 4.89. The molecule has 0 atom stereocenters. The number of hydrogen-bond acceptors (Lipinski definition) is 6. The number of carbonyl (C=O) groups is 2. The van der Waals surface area contributed by atoms with Crippen LogP contribution in [0.15, 0.2) is 36.7 Å². The molecule has 1 saturated heterocycles. The number of benzene rings is 1. The minimum absolute atomic E-state index is 0.0663. The maximum absolute atomic E-state index is 12.3. The zero-order chi connectivity index (χ0) is 21.6. The number of amides is 2. The van der Waals surface area contributed by atoms with Gasteiger partial charge in [0.15, 0.2) is 0 Å². The maximum Gasteiger partial charge on any atom is 0.251 e. The van der Waals surface area contributed by atoms with Gasteiger partial charge in [-0.1, -0.05) is 20.8 Å². The molecule has 1 aromatic carbocycles. The molecule has 1 fully saturated rings. The van der Waals surface area contributed by atoms with Crippen LogP contribution in [0.3, 0.4) is 0 Å². The monoisotopic (exact) mass is 410 g/mol. The van der Waals surface area contributed by atoms with Crippen LogP contribution in [0.2, 0.25) is 0 Å². The first-order valence-electron chi connectivity index (χ1n) is 10.3. The van der Waals surface area contributed by atoms with Crippen LogP contribution in [0.25, 0.3) is 0 Å². The van der Waals surface area contributed by atoms with E-state index in [2.05, 4.69) is 30.8 Å². The third kappa shape index (κ3) is 5.92. The van der Waals surface area contributed by atoms with Crippen LogP contribution in [-0.4, -0.2) is 48.0 Å². The van der Waals surface area contributed by atoms with Crippen molar-refractivity contribution in [1.29, 1.82) is 0 Å². The molecule has 0 radical (unpaired) electrons. The van der Waals surface area contributed by atoms with E-state index < -0.39 is 5.41 Å². The Hall–Kier alpha value is -3.16. The van der Waals surface area contributed by atoms with Crippen molar-refractivity contribution in [2.45, 2.75) is 33.6 Å². The van der Waals surface area contributed by atoms with E-state index >= 15 is 0 Å². The lowest BCUT2D eigenvalue weighted by Gasteiger charge is -2.17. The summed E-state index contributed by atoms with van der Waals surface area (Å²) in [5.41, 5.74) is 0.745. The summed E-state index contributed by atoms with van der Waals surface area (Å²) in [6.45, 7) is 8.65. The summed E-state index contributed by atoms with van der Waals surface area (Å²) in [5, 5.41) is 8.95. The average molecular weight is 411 g/mol. The lowest BCUT2D eigenvalue weighted by atomic mass is 9.95. The molecular weight excluding hydrogens is 380 g/mol. The van der Waals surface area contributed by atoms with Gasteiger partial charge in [-0.3, -0.25) is 9.59 Å². The van der Waals surface area contributed by atoms with Gasteiger partial charge < -0.3 is 20.9 Å². The van der Waals surface area contributed by atoms with Crippen molar-refractivity contribution in [2.75, 3.05) is 41.7 Å². The molecule has 2 amide bonds. The highest BCUT2D eigenvalue weighted by atomic mass is 16.2. The highest BCUT2D eigenvalue weighted by molar-refractivity contribution is 5.97. The van der Waals surface area contributed by atoms with Crippen LogP contribution in [0.1, 0.15) is 44.0 Å². The molecule has 0 bridgehead atoms. The molecule has 0 spiro atoms. The largest absolute Gasteiger partial charge is 0.368 e. The number of rotatable bonds is 7. The number of hydrogen-bond donors (Lipinski definition) is 3. The molecule has 0 aliphatic carbocycles. The van der Waals surface area contributed by atoms with E-state index in [1.54, 1.807) is 30.6 Å². The first-order chi connectivity index (χ1) is 14.3. The summed E-state index contributed by atoms with van der Waals surface area (Å²) in [7, 11) is 0. The van der Waals surface area contributed by atoms with Crippen molar-refractivity contribution in [2.24, 2.45) is 5.41 Å². The van der Waals surface area contributed by atoms with Gasteiger partial charge in [0.05, 0.1) is 0 Å². The minimum atomic E-state index is -0.470. The van der Waals surface area contributed by atoms with Crippen LogP contribution in [0.4, 0.5) is 17.3 Å². The van der Waals surface area contributed by atoms with Gasteiger partial charge in [0.2, 0.25) is 5.91 Å². The van der Waals surface area contributed by atoms with Crippen LogP contribution in [-0.2, 0) is 4.79 Å². The van der Waals surface area contributed by atoms with Gasteiger partial charge in [0, 0.05) is 48.9 Å². The molecule has 1 aromatic heterocycles. The maximum atomic E-state index is 12.3. The van der Waals surface area contributed by atoms with E-state index in [-0.39, 0.29) is 11.8 Å². The van der Waals surface area contributed by atoms with Gasteiger partial charge in [-0.05, 0) is 37.1 Å². The number of anilines is 3. The molecule has 3 N–H and O–H groups in total. The fourth-order valence-electron chi connectivity index (χ4n) is 3.06. The van der Waals surface area contributed by atoms with Gasteiger partial charge in [-0.25, -0.2) is 9.97 Å². The Labute approximate surface area is 177 Å². The van der Waals surface area contributed by atoms with Crippen LogP contribution >= 0.6 is 0 Å². The second kappa shape index (κ2) is 9.56. The van der Waals surface area contributed by atoms with E-state index in [0.29, 0.717) is 24.3 Å². The first kappa shape index (κ1) is 21.5. The summed E-state index contributed by atoms with van der Waals surface area (Å²) in [6.07, 6.45) is 3.96. The van der Waals surface area contributed by atoms with Crippen molar-refractivity contribution in [1.82, 2.24) is 15.3 Å². The Morgan fingerprint density at radius 2 is 1.73 bits per heavy atom. The second-order valence-corrected chi connectivity index (χ2v) is 8.42. The summed E-state index contributed by atoms with van der Waals surface area (Å²) in [5.74, 6) is 1.46. The van der Waals surface area contributed by atoms with Crippen molar-refractivity contribution in [3.05, 3.63) is 42.2 Å². The molecule has 160 valence electrons. The normalized spacial score (nSPS) is 13.8. The van der Waals surface area contributed by atoms with Gasteiger partial charge in [0.1, 0.15) is 18.0 Å². The lowest BCUT2D eigenvalue weighted by molar-refractivity contribution is -0.123. The first-order valence-corrected chi connectivity index (χ1v) is 10.3. The zero-order valence-electron chi connectivity index (χ0n) is 17.9. The smallest absolute Gasteiger partial charge is 0.251 e. The molecule has 2 aromatic rings. The van der Waals surface area contributed by atoms with E-state index in [1.165, 1.54) is 12.8 Å². The van der Waals surface area contributed by atoms with Crippen LogP contribution in [0.5, 0.6) is 0 Å². The van der Waals surface area contributed by atoms with Crippen molar-refractivity contribution in [3.8, 4) is 0 Å². The third-order valence-corrected chi connectivity index (χ3v) is 4.89. The minimum Gasteiger partial charge on any atom is -0.368 e. The SMILES string of the molecule is CC(C)(C)C(=O)Nc1ccc(C(=O)NCCNc2cc(N3CCCC3)ncn2)cc1. The summed E-state index contributed by atoms with van der Waals surface area (Å²) in [6, 6.07) is 8.81. The number of carbonyl (C=O) groups excluding carboxylic acids is 2. The fraction of sp³-hybridized carbons (Fsp3) is 0.455. The Kier molecular flexibility index (Phi) is 6.87. The van der Waals surface area contributed by atoms with Gasteiger partial charge >= 0.3 is 0 Å². The quantitative estimate of drug-likeness (QED) is 0.607. The van der Waals surface area contributed by atoms with Gasteiger partial charge in [0.25, 0.3) is 5.91 Å². The van der Waals surface area contributed by atoms with Crippen molar-refractivity contribution in [3.63, 3.8) is 0 Å². The van der Waals surface area contributed by atoms with Gasteiger partial charge in [-0.15, -0.1) is 0 Å². The highest BCUT2D eigenvalue weighted by Gasteiger charge is 2.21. The number of nitrogens with zero attached hydrogens (tertiary/aromatic N) is 3. The molecule has 8 heteroatoms. The molecule has 1 aliphatic rings. The standard InChI is InChI=1S/C22H30N6O2/c1-22(2,3)21(30)27-17-8-6-16(7-9-17)20(29)24-11-10-23-18-14-19(26-15-25-18)28-12-4-5-13-28/h6-9,14-15H,4-5,10-13H2,1-3H3,(H,24,29)(H,27,30)(H,23,25,26). The molecule has 30 heavy (non-hydrogen) atoms. The second-order valence-electron chi connectivity index (χ2n) is 8.42. The van der Waals surface area contributed by atoms with E-state index in [0.717, 1.165) is 24.7 Å². The van der Waals surface area contributed by atoms with Crippen molar-refractivity contribution < 1.29 is 9.59 Å². The fourth-order valence-corrected chi connectivity index (χ4v) is 3.06. The number of nitrogens with one attached hydrogen (secondary N) is 3. The van der Waals surface area contributed by atoms with E-state index in [1.807, 2.05) is 26.8 Å². The summed E-state index contributed by atoms with van der Waals surface area (Å²) >= 11 is 0. The Balaban J connectivity index is 1.43. The predicted molar refractivity (Wildman–Crippen MR) is 119 cm³/mol. The Morgan fingerprint density at radius 3 is 2.40 bits per heavy atom. The summed E-state index contributed by atoms with van der Waals surface area (Å²) in [4.78, 5) is 35.2. The molecule has 3 rings (SSSR count). The average Bonchev–Trinajstić information content (AvgIpc) is 3.26. The molecule has 8 nitrogen and oxygen atoms in total. The highest BCUT2D eigenvalue weighted by Crippen LogP contribution is 2.19. The lowest BCUT2D eigenvalue weighted by Crippen LogP contribution is -2.29. The molecule has 1 aliphatic heterocycles. The van der Waals surface area contributed by atoms with E-state index in [9.17, 15) is 9.59 Å². The Morgan fingerprint density at radius 1 is 1.03 bits per heavy atom. The zero-order valence-corrected chi connectivity index (χ0v) is 17.9. The summed E-state index contributed by atoms with van der Waals surface area (Å²) < 4.78 is 0.